The van der Waals surface area contributed by atoms with E-state index in [4.69, 9.17) is 11.6 Å². The van der Waals surface area contributed by atoms with E-state index in [0.717, 1.165) is 56.3 Å². The van der Waals surface area contributed by atoms with Crippen molar-refractivity contribution in [1.29, 1.82) is 0 Å². The summed E-state index contributed by atoms with van der Waals surface area (Å²) in [4.78, 5) is 19.1. The lowest BCUT2D eigenvalue weighted by molar-refractivity contribution is -0.135. The van der Waals surface area contributed by atoms with Crippen molar-refractivity contribution in [2.75, 3.05) is 26.7 Å². The molecule has 1 aromatic carbocycles. The van der Waals surface area contributed by atoms with E-state index in [1.165, 1.54) is 24.8 Å². The quantitative estimate of drug-likeness (QED) is 0.354. The zero-order valence-electron chi connectivity index (χ0n) is 16.6. The summed E-state index contributed by atoms with van der Waals surface area (Å²) in [6.45, 7) is 2.45. The van der Waals surface area contributed by atoms with Crippen molar-refractivity contribution < 1.29 is 4.79 Å². The van der Waals surface area contributed by atoms with Gasteiger partial charge < -0.3 is 15.5 Å². The minimum absolute atomic E-state index is 0. The van der Waals surface area contributed by atoms with Gasteiger partial charge in [-0.25, -0.2) is 0 Å². The molecule has 1 unspecified atom stereocenters. The van der Waals surface area contributed by atoms with Crippen LogP contribution < -0.4 is 10.6 Å². The molecule has 1 atom stereocenters. The minimum Gasteiger partial charge on any atom is -0.356 e. The van der Waals surface area contributed by atoms with Gasteiger partial charge in [0.05, 0.1) is 0 Å². The number of guanidine groups is 1. The standard InChI is InChI=1S/C21H31ClN4O.HI/c1-23-21(24-13-11-16-7-9-18(22)10-8-16)25-19-12-14-26(15-19)20(27)17-5-3-2-4-6-17;/h7-10,17,19H,2-6,11-15H2,1H3,(H2,23,24,25);1H. The number of nitrogens with one attached hydrogen (secondary N) is 2. The predicted octanol–water partition coefficient (Wildman–Crippen LogP) is 3.85. The third-order valence-corrected chi connectivity index (χ3v) is 5.89. The van der Waals surface area contributed by atoms with E-state index >= 15 is 0 Å². The summed E-state index contributed by atoms with van der Waals surface area (Å²) in [5, 5.41) is 7.60. The second-order valence-corrected chi connectivity index (χ2v) is 8.06. The summed E-state index contributed by atoms with van der Waals surface area (Å²) < 4.78 is 0. The Morgan fingerprint density at radius 2 is 1.89 bits per heavy atom. The second kappa shape index (κ2) is 11.9. The predicted molar refractivity (Wildman–Crippen MR) is 127 cm³/mol. The molecule has 2 fully saturated rings. The van der Waals surface area contributed by atoms with E-state index in [2.05, 4.69) is 20.5 Å². The van der Waals surface area contributed by atoms with Gasteiger partial charge in [0, 0.05) is 43.7 Å². The molecule has 1 saturated heterocycles. The summed E-state index contributed by atoms with van der Waals surface area (Å²) in [7, 11) is 1.79. The summed E-state index contributed by atoms with van der Waals surface area (Å²) >= 11 is 5.92. The van der Waals surface area contributed by atoms with Crippen LogP contribution in [0.15, 0.2) is 29.3 Å². The van der Waals surface area contributed by atoms with Crippen LogP contribution in [0.1, 0.15) is 44.1 Å². The number of nitrogens with zero attached hydrogens (tertiary/aromatic N) is 2. The molecule has 1 aliphatic heterocycles. The molecule has 7 heteroatoms. The fourth-order valence-electron chi connectivity index (χ4n) is 4.05. The molecule has 2 N–H and O–H groups in total. The molecule has 1 aliphatic carbocycles. The van der Waals surface area contributed by atoms with Gasteiger partial charge in [-0.15, -0.1) is 24.0 Å². The zero-order valence-corrected chi connectivity index (χ0v) is 19.7. The fraction of sp³-hybridized carbons (Fsp3) is 0.619. The molecule has 1 amide bonds. The molecule has 0 radical (unpaired) electrons. The summed E-state index contributed by atoms with van der Waals surface area (Å²) in [5.74, 6) is 1.43. The highest BCUT2D eigenvalue weighted by atomic mass is 127. The molecule has 1 saturated carbocycles. The number of halogens is 2. The van der Waals surface area contributed by atoms with E-state index in [-0.39, 0.29) is 35.9 Å². The first kappa shape index (κ1) is 23.3. The molecular weight excluding hydrogens is 487 g/mol. The smallest absolute Gasteiger partial charge is 0.225 e. The van der Waals surface area contributed by atoms with E-state index in [0.29, 0.717) is 5.91 Å². The maximum absolute atomic E-state index is 12.7. The molecule has 1 heterocycles. The molecule has 1 aromatic rings. The lowest BCUT2D eigenvalue weighted by Gasteiger charge is -2.26. The molecule has 0 aromatic heterocycles. The van der Waals surface area contributed by atoms with Crippen LogP contribution in [0, 0.1) is 5.92 Å². The zero-order chi connectivity index (χ0) is 19.1. The first-order chi connectivity index (χ1) is 13.2. The van der Waals surface area contributed by atoms with Crippen molar-refractivity contribution in [3.05, 3.63) is 34.9 Å². The molecule has 3 rings (SSSR count). The van der Waals surface area contributed by atoms with Gasteiger partial charge in [0.2, 0.25) is 5.91 Å². The summed E-state index contributed by atoms with van der Waals surface area (Å²) in [6, 6.07) is 8.21. The number of rotatable bonds is 5. The number of benzene rings is 1. The van der Waals surface area contributed by atoms with E-state index < -0.39 is 0 Å². The van der Waals surface area contributed by atoms with Crippen LogP contribution >= 0.6 is 35.6 Å². The van der Waals surface area contributed by atoms with Crippen LogP contribution in [0.4, 0.5) is 0 Å². The lowest BCUT2D eigenvalue weighted by atomic mass is 9.88. The van der Waals surface area contributed by atoms with Crippen LogP contribution in [-0.4, -0.2) is 49.5 Å². The van der Waals surface area contributed by atoms with Gasteiger partial charge in [0.1, 0.15) is 0 Å². The van der Waals surface area contributed by atoms with Crippen molar-refractivity contribution in [3.8, 4) is 0 Å². The molecule has 2 aliphatic rings. The van der Waals surface area contributed by atoms with Crippen molar-refractivity contribution >= 4 is 47.4 Å². The van der Waals surface area contributed by atoms with Gasteiger partial charge >= 0.3 is 0 Å². The van der Waals surface area contributed by atoms with E-state index in [1.807, 2.05) is 24.3 Å². The average molecular weight is 519 g/mol. The minimum atomic E-state index is 0. The van der Waals surface area contributed by atoms with Gasteiger partial charge in [0.15, 0.2) is 5.96 Å². The number of amides is 1. The largest absolute Gasteiger partial charge is 0.356 e. The van der Waals surface area contributed by atoms with Gasteiger partial charge in [-0.05, 0) is 43.4 Å². The molecule has 28 heavy (non-hydrogen) atoms. The first-order valence-corrected chi connectivity index (χ1v) is 10.5. The Labute approximate surface area is 190 Å². The maximum atomic E-state index is 12.7. The summed E-state index contributed by atoms with van der Waals surface area (Å²) in [6.07, 6.45) is 7.73. The normalized spacial score (nSPS) is 20.6. The Hall–Kier alpha value is -1.02. The highest BCUT2D eigenvalue weighted by Gasteiger charge is 2.31. The third kappa shape index (κ3) is 6.79. The highest BCUT2D eigenvalue weighted by molar-refractivity contribution is 14.0. The SMILES string of the molecule is CN=C(NCCc1ccc(Cl)cc1)NC1CCN(C(=O)C2CCCCC2)C1.I. The monoisotopic (exact) mass is 518 g/mol. The van der Waals surface area contributed by atoms with Gasteiger partial charge in [-0.3, -0.25) is 9.79 Å². The van der Waals surface area contributed by atoms with Crippen LogP contribution in [0.2, 0.25) is 5.02 Å². The lowest BCUT2D eigenvalue weighted by Crippen LogP contribution is -2.46. The number of aliphatic imine (C=N–C) groups is 1. The number of hydrogen-bond donors (Lipinski definition) is 2. The van der Waals surface area contributed by atoms with Gasteiger partial charge in [-0.1, -0.05) is 43.0 Å². The van der Waals surface area contributed by atoms with Crippen molar-refractivity contribution in [1.82, 2.24) is 15.5 Å². The van der Waals surface area contributed by atoms with Gasteiger partial charge in [-0.2, -0.15) is 0 Å². The third-order valence-electron chi connectivity index (χ3n) is 5.64. The van der Waals surface area contributed by atoms with Crippen LogP contribution in [0.25, 0.3) is 0 Å². The van der Waals surface area contributed by atoms with E-state index in [9.17, 15) is 4.79 Å². The van der Waals surface area contributed by atoms with Crippen molar-refractivity contribution in [3.63, 3.8) is 0 Å². The first-order valence-electron chi connectivity index (χ1n) is 10.2. The highest BCUT2D eigenvalue weighted by Crippen LogP contribution is 2.26. The molecule has 5 nitrogen and oxygen atoms in total. The van der Waals surface area contributed by atoms with Crippen LogP contribution in [0.5, 0.6) is 0 Å². The topological polar surface area (TPSA) is 56.7 Å². The Kier molecular flexibility index (Phi) is 9.85. The Bertz CT molecular complexity index is 646. The molecular formula is C21H32ClIN4O. The molecule has 0 bridgehead atoms. The fourth-order valence-corrected chi connectivity index (χ4v) is 4.18. The number of carbonyl (C=O) groups is 1. The number of likely N-dealkylation sites (tertiary alicyclic amines) is 1. The van der Waals surface area contributed by atoms with Crippen molar-refractivity contribution in [2.45, 2.75) is 51.0 Å². The van der Waals surface area contributed by atoms with Crippen molar-refractivity contribution in [2.24, 2.45) is 10.9 Å². The number of hydrogen-bond acceptors (Lipinski definition) is 2. The van der Waals surface area contributed by atoms with Crippen LogP contribution in [-0.2, 0) is 11.2 Å². The Morgan fingerprint density at radius 3 is 2.57 bits per heavy atom. The number of carbonyl (C=O) groups excluding carboxylic acids is 1. The maximum Gasteiger partial charge on any atom is 0.225 e. The molecule has 0 spiro atoms. The summed E-state index contributed by atoms with van der Waals surface area (Å²) in [5.41, 5.74) is 1.24. The second-order valence-electron chi connectivity index (χ2n) is 7.62. The molecule has 156 valence electrons. The van der Waals surface area contributed by atoms with Crippen LogP contribution in [0.3, 0.4) is 0 Å². The van der Waals surface area contributed by atoms with Gasteiger partial charge in [0.25, 0.3) is 0 Å². The average Bonchev–Trinajstić information content (AvgIpc) is 3.17. The van der Waals surface area contributed by atoms with E-state index in [1.54, 1.807) is 7.05 Å². The Balaban J connectivity index is 0.00000280. The Morgan fingerprint density at radius 1 is 1.18 bits per heavy atom.